The number of aromatic nitrogens is 1. The number of amides is 1. The molecule has 4 bridgehead atoms. The summed E-state index contributed by atoms with van der Waals surface area (Å²) < 4.78 is 5.33. The van der Waals surface area contributed by atoms with Crippen LogP contribution in [-0.4, -0.2) is 48.3 Å². The Morgan fingerprint density at radius 1 is 1.32 bits per heavy atom. The average Bonchev–Trinajstić information content (AvgIpc) is 2.71. The van der Waals surface area contributed by atoms with Crippen molar-refractivity contribution in [3.8, 4) is 5.75 Å². The van der Waals surface area contributed by atoms with Gasteiger partial charge in [0.15, 0.2) is 0 Å². The second kappa shape index (κ2) is 6.90. The van der Waals surface area contributed by atoms with Crippen molar-refractivity contribution in [3.05, 3.63) is 18.3 Å². The van der Waals surface area contributed by atoms with Crippen molar-refractivity contribution in [1.82, 2.24) is 10.3 Å². The minimum absolute atomic E-state index is 0.159. The lowest BCUT2D eigenvalue weighted by molar-refractivity contribution is -0.163. The standard InChI is InChI=1S/C22H31N3O3/c1-28-18-4-5-23-19(9-18)25-6-2-3-17(13-25)24-21(27)22-10-14-7-15(11-22)20(26)16(8-14)12-22/h4-5,9,14-17,20,26H,2-3,6-8,10-13H2,1H3,(H,24,27)/t14?,15?,16?,17-,20?,22?/m0/s1. The molecule has 1 amide bonds. The Balaban J connectivity index is 1.26. The maximum atomic E-state index is 13.4. The number of piperidine rings is 1. The van der Waals surface area contributed by atoms with E-state index in [1.165, 1.54) is 0 Å². The van der Waals surface area contributed by atoms with Crippen LogP contribution in [0.15, 0.2) is 18.3 Å². The van der Waals surface area contributed by atoms with Crippen LogP contribution in [-0.2, 0) is 4.79 Å². The van der Waals surface area contributed by atoms with Crippen molar-refractivity contribution >= 4 is 11.7 Å². The first-order chi connectivity index (χ1) is 13.6. The topological polar surface area (TPSA) is 74.7 Å². The van der Waals surface area contributed by atoms with Gasteiger partial charge in [0.05, 0.1) is 18.6 Å². The van der Waals surface area contributed by atoms with Crippen molar-refractivity contribution in [2.45, 2.75) is 57.1 Å². The summed E-state index contributed by atoms with van der Waals surface area (Å²) in [5.41, 5.74) is -0.230. The van der Waals surface area contributed by atoms with Crippen LogP contribution in [0.1, 0.15) is 44.9 Å². The number of hydrogen-bond donors (Lipinski definition) is 2. The molecule has 6 heteroatoms. The van der Waals surface area contributed by atoms with Gasteiger partial charge in [0, 0.05) is 31.4 Å². The summed E-state index contributed by atoms with van der Waals surface area (Å²) in [7, 11) is 1.67. The molecule has 3 atom stereocenters. The number of nitrogens with zero attached hydrogens (tertiary/aromatic N) is 2. The highest BCUT2D eigenvalue weighted by Gasteiger charge is 2.58. The molecule has 2 heterocycles. The van der Waals surface area contributed by atoms with Crippen LogP contribution in [0.5, 0.6) is 5.75 Å². The summed E-state index contributed by atoms with van der Waals surface area (Å²) in [5, 5.41) is 13.9. The summed E-state index contributed by atoms with van der Waals surface area (Å²) in [6.45, 7) is 1.75. The first kappa shape index (κ1) is 18.2. The molecule has 0 radical (unpaired) electrons. The fourth-order valence-corrected chi connectivity index (χ4v) is 6.62. The molecular formula is C22H31N3O3. The molecule has 1 aromatic heterocycles. The van der Waals surface area contributed by atoms with Gasteiger partial charge in [-0.2, -0.15) is 0 Å². The van der Waals surface area contributed by atoms with Crippen LogP contribution in [0.2, 0.25) is 0 Å². The zero-order valence-corrected chi connectivity index (χ0v) is 16.6. The van der Waals surface area contributed by atoms with Crippen molar-refractivity contribution in [2.75, 3.05) is 25.1 Å². The van der Waals surface area contributed by atoms with Gasteiger partial charge in [-0.05, 0) is 68.8 Å². The van der Waals surface area contributed by atoms with E-state index >= 15 is 0 Å². The number of aliphatic hydroxyl groups is 1. The maximum absolute atomic E-state index is 13.4. The lowest BCUT2D eigenvalue weighted by atomic mass is 9.48. The van der Waals surface area contributed by atoms with Crippen LogP contribution in [0.3, 0.4) is 0 Å². The highest BCUT2D eigenvalue weighted by atomic mass is 16.5. The summed E-state index contributed by atoms with van der Waals surface area (Å²) >= 11 is 0. The number of anilines is 1. The number of ether oxygens (including phenoxy) is 1. The fourth-order valence-electron chi connectivity index (χ4n) is 6.62. The first-order valence-electron chi connectivity index (χ1n) is 10.8. The van der Waals surface area contributed by atoms with Gasteiger partial charge >= 0.3 is 0 Å². The Morgan fingerprint density at radius 2 is 2.11 bits per heavy atom. The van der Waals surface area contributed by atoms with Crippen molar-refractivity contribution in [1.29, 1.82) is 0 Å². The smallest absolute Gasteiger partial charge is 0.226 e. The van der Waals surface area contributed by atoms with Crippen molar-refractivity contribution in [3.63, 3.8) is 0 Å². The van der Waals surface area contributed by atoms with E-state index in [0.717, 1.165) is 69.6 Å². The van der Waals surface area contributed by atoms with E-state index < -0.39 is 0 Å². The number of aliphatic hydroxyl groups excluding tert-OH is 1. The van der Waals surface area contributed by atoms with Gasteiger partial charge in [-0.3, -0.25) is 4.79 Å². The number of methoxy groups -OCH3 is 1. The van der Waals surface area contributed by atoms with Gasteiger partial charge in [-0.25, -0.2) is 4.98 Å². The SMILES string of the molecule is COc1ccnc(N2CCC[C@H](NC(=O)C34CC5CC(C3)C(O)C(C5)C4)C2)c1. The molecule has 152 valence electrons. The maximum Gasteiger partial charge on any atom is 0.226 e. The molecule has 1 aliphatic heterocycles. The third kappa shape index (κ3) is 3.06. The molecule has 4 saturated carbocycles. The molecule has 2 N–H and O–H groups in total. The third-order valence-electron chi connectivity index (χ3n) is 7.74. The molecule has 6 nitrogen and oxygen atoms in total. The van der Waals surface area contributed by atoms with Crippen LogP contribution < -0.4 is 15.0 Å². The normalized spacial score (nSPS) is 39.1. The molecule has 2 unspecified atom stereocenters. The Bertz CT molecular complexity index is 738. The van der Waals surface area contributed by atoms with Gasteiger partial charge < -0.3 is 20.1 Å². The number of carbonyl (C=O) groups excluding carboxylic acids is 1. The Hall–Kier alpha value is -1.82. The zero-order chi connectivity index (χ0) is 19.3. The highest BCUT2D eigenvalue weighted by molar-refractivity contribution is 5.83. The quantitative estimate of drug-likeness (QED) is 0.832. The molecule has 5 aliphatic rings. The van der Waals surface area contributed by atoms with Crippen molar-refractivity contribution < 1.29 is 14.6 Å². The number of hydrogen-bond acceptors (Lipinski definition) is 5. The molecule has 6 rings (SSSR count). The van der Waals surface area contributed by atoms with E-state index in [0.29, 0.717) is 17.8 Å². The molecule has 0 aromatic carbocycles. The second-order valence-corrected chi connectivity index (χ2v) is 9.55. The largest absolute Gasteiger partial charge is 0.497 e. The van der Waals surface area contributed by atoms with Crippen LogP contribution in [0.25, 0.3) is 0 Å². The molecule has 5 fully saturated rings. The van der Waals surface area contributed by atoms with Gasteiger partial charge in [-0.15, -0.1) is 0 Å². The predicted octanol–water partition coefficient (Wildman–Crippen LogP) is 2.36. The second-order valence-electron chi connectivity index (χ2n) is 9.55. The van der Waals surface area contributed by atoms with Crippen molar-refractivity contribution in [2.24, 2.45) is 23.2 Å². The third-order valence-corrected chi connectivity index (χ3v) is 7.74. The Labute approximate surface area is 166 Å². The van der Waals surface area contributed by atoms with Crippen LogP contribution in [0.4, 0.5) is 5.82 Å². The van der Waals surface area contributed by atoms with Gasteiger partial charge in [0.1, 0.15) is 11.6 Å². The van der Waals surface area contributed by atoms with E-state index in [2.05, 4.69) is 15.2 Å². The van der Waals surface area contributed by atoms with Crippen LogP contribution in [0, 0.1) is 23.2 Å². The Morgan fingerprint density at radius 3 is 2.86 bits per heavy atom. The minimum atomic E-state index is -0.230. The summed E-state index contributed by atoms with van der Waals surface area (Å²) in [6, 6.07) is 3.98. The minimum Gasteiger partial charge on any atom is -0.497 e. The van der Waals surface area contributed by atoms with E-state index in [-0.39, 0.29) is 23.5 Å². The van der Waals surface area contributed by atoms with E-state index in [9.17, 15) is 9.90 Å². The molecule has 28 heavy (non-hydrogen) atoms. The van der Waals surface area contributed by atoms with E-state index in [1.807, 2.05) is 12.1 Å². The zero-order valence-electron chi connectivity index (χ0n) is 16.6. The molecule has 4 aliphatic carbocycles. The van der Waals surface area contributed by atoms with Gasteiger partial charge in [0.2, 0.25) is 5.91 Å². The van der Waals surface area contributed by atoms with Crippen LogP contribution >= 0.6 is 0 Å². The molecule has 1 saturated heterocycles. The predicted molar refractivity (Wildman–Crippen MR) is 106 cm³/mol. The monoisotopic (exact) mass is 385 g/mol. The Kier molecular flexibility index (Phi) is 4.49. The molecular weight excluding hydrogens is 354 g/mol. The number of rotatable bonds is 4. The molecule has 0 spiro atoms. The summed E-state index contributed by atoms with van der Waals surface area (Å²) in [4.78, 5) is 20.1. The van der Waals surface area contributed by atoms with E-state index in [4.69, 9.17) is 4.74 Å². The number of nitrogens with one attached hydrogen (secondary N) is 1. The van der Waals surface area contributed by atoms with Gasteiger partial charge in [-0.1, -0.05) is 0 Å². The highest BCUT2D eigenvalue weighted by Crippen LogP contribution is 2.60. The lowest BCUT2D eigenvalue weighted by Gasteiger charge is -2.58. The lowest BCUT2D eigenvalue weighted by Crippen LogP contribution is -2.60. The average molecular weight is 386 g/mol. The van der Waals surface area contributed by atoms with E-state index in [1.54, 1.807) is 13.3 Å². The molecule has 1 aromatic rings. The number of pyridine rings is 1. The number of carbonyl (C=O) groups is 1. The van der Waals surface area contributed by atoms with Gasteiger partial charge in [0.25, 0.3) is 0 Å². The summed E-state index contributed by atoms with van der Waals surface area (Å²) in [6.07, 6.45) is 8.66. The first-order valence-corrected chi connectivity index (χ1v) is 10.8. The summed E-state index contributed by atoms with van der Waals surface area (Å²) in [5.74, 6) is 3.26. The fraction of sp³-hybridized carbons (Fsp3) is 0.727.